The van der Waals surface area contributed by atoms with Gasteiger partial charge in [0.1, 0.15) is 5.75 Å². The number of nitrogens with one attached hydrogen (secondary N) is 1. The Bertz CT molecular complexity index is 928. The summed E-state index contributed by atoms with van der Waals surface area (Å²) >= 11 is 0. The first-order valence-electron chi connectivity index (χ1n) is 8.70. The summed E-state index contributed by atoms with van der Waals surface area (Å²) in [7, 11) is 0. The maximum Gasteiger partial charge on any atom is 0.225 e. The normalized spacial score (nSPS) is 16.6. The number of fused-ring (bicyclic) bond motifs is 3. The molecule has 25 heavy (non-hydrogen) atoms. The van der Waals surface area contributed by atoms with Crippen molar-refractivity contribution in [1.29, 1.82) is 0 Å². The molecule has 4 rings (SSSR count). The third-order valence-corrected chi connectivity index (χ3v) is 4.64. The molecular formula is C22H21NO2. The fourth-order valence-electron chi connectivity index (χ4n) is 3.55. The molecule has 1 atom stereocenters. The average Bonchev–Trinajstić information content (AvgIpc) is 2.61. The highest BCUT2D eigenvalue weighted by Gasteiger charge is 2.27. The van der Waals surface area contributed by atoms with Crippen LogP contribution in [0.15, 0.2) is 60.7 Å². The minimum Gasteiger partial charge on any atom is -0.491 e. The Kier molecular flexibility index (Phi) is 3.92. The number of anilines is 1. The largest absolute Gasteiger partial charge is 0.491 e. The molecular weight excluding hydrogens is 310 g/mol. The second kappa shape index (κ2) is 6.25. The Morgan fingerprint density at radius 2 is 1.76 bits per heavy atom. The van der Waals surface area contributed by atoms with Crippen molar-refractivity contribution < 1.29 is 9.53 Å². The summed E-state index contributed by atoms with van der Waals surface area (Å²) in [6.45, 7) is 4.03. The summed E-state index contributed by atoms with van der Waals surface area (Å²) in [6.07, 6.45) is 0.619. The molecule has 0 radical (unpaired) electrons. The third kappa shape index (κ3) is 2.98. The first kappa shape index (κ1) is 15.7. The Morgan fingerprint density at radius 1 is 1.00 bits per heavy atom. The van der Waals surface area contributed by atoms with Gasteiger partial charge in [0, 0.05) is 17.7 Å². The topological polar surface area (TPSA) is 38.3 Å². The van der Waals surface area contributed by atoms with Crippen LogP contribution in [0.1, 0.15) is 37.3 Å². The highest BCUT2D eigenvalue weighted by Crippen LogP contribution is 2.41. The van der Waals surface area contributed by atoms with Gasteiger partial charge in [-0.25, -0.2) is 0 Å². The standard InChI is InChI=1S/C22H21NO2/c1-14(2)25-17-10-7-16(8-11-17)20-13-21(24)23-22-18-6-4-3-5-15(18)9-12-19(20)22/h3-12,14,20H,13H2,1-2H3,(H,23,24)/t20-/m1/s1. The van der Waals surface area contributed by atoms with E-state index < -0.39 is 0 Å². The summed E-state index contributed by atoms with van der Waals surface area (Å²) in [6, 6.07) is 20.6. The smallest absolute Gasteiger partial charge is 0.225 e. The van der Waals surface area contributed by atoms with E-state index in [0.29, 0.717) is 6.42 Å². The predicted octanol–water partition coefficient (Wildman–Crippen LogP) is 5.10. The molecule has 0 aliphatic carbocycles. The molecule has 3 aromatic carbocycles. The number of hydrogen-bond acceptors (Lipinski definition) is 2. The second-order valence-electron chi connectivity index (χ2n) is 6.79. The summed E-state index contributed by atoms with van der Waals surface area (Å²) in [5.74, 6) is 0.996. The molecule has 1 N–H and O–H groups in total. The van der Waals surface area contributed by atoms with Crippen LogP contribution in [0.4, 0.5) is 5.69 Å². The summed E-state index contributed by atoms with van der Waals surface area (Å²) in [4.78, 5) is 12.3. The highest BCUT2D eigenvalue weighted by molar-refractivity contribution is 6.06. The molecule has 1 aliphatic rings. The SMILES string of the molecule is CC(C)Oc1ccc([C@H]2CC(=O)Nc3c2ccc2ccccc32)cc1. The Labute approximate surface area is 147 Å². The molecule has 1 heterocycles. The van der Waals surface area contributed by atoms with E-state index in [-0.39, 0.29) is 17.9 Å². The maximum atomic E-state index is 12.3. The number of carbonyl (C=O) groups excluding carboxylic acids is 1. The summed E-state index contributed by atoms with van der Waals surface area (Å²) < 4.78 is 5.73. The van der Waals surface area contributed by atoms with E-state index in [1.807, 2.05) is 38.1 Å². The molecule has 0 aromatic heterocycles. The van der Waals surface area contributed by atoms with Gasteiger partial charge >= 0.3 is 0 Å². The van der Waals surface area contributed by atoms with Crippen LogP contribution in [0.2, 0.25) is 0 Å². The van der Waals surface area contributed by atoms with E-state index in [1.54, 1.807) is 0 Å². The first-order valence-corrected chi connectivity index (χ1v) is 8.70. The number of ether oxygens (including phenoxy) is 1. The van der Waals surface area contributed by atoms with Crippen molar-refractivity contribution in [3.05, 3.63) is 71.8 Å². The van der Waals surface area contributed by atoms with Crippen molar-refractivity contribution in [1.82, 2.24) is 0 Å². The molecule has 0 saturated carbocycles. The van der Waals surface area contributed by atoms with E-state index >= 15 is 0 Å². The summed E-state index contributed by atoms with van der Waals surface area (Å²) in [5, 5.41) is 5.31. The molecule has 3 aromatic rings. The second-order valence-corrected chi connectivity index (χ2v) is 6.79. The first-order chi connectivity index (χ1) is 12.1. The van der Waals surface area contributed by atoms with Crippen LogP contribution in [-0.4, -0.2) is 12.0 Å². The monoisotopic (exact) mass is 331 g/mol. The van der Waals surface area contributed by atoms with Crippen LogP contribution in [0.25, 0.3) is 10.8 Å². The molecule has 0 unspecified atom stereocenters. The lowest BCUT2D eigenvalue weighted by Gasteiger charge is -2.27. The zero-order chi connectivity index (χ0) is 17.4. The molecule has 3 heteroatoms. The molecule has 0 spiro atoms. The zero-order valence-corrected chi connectivity index (χ0v) is 14.5. The average molecular weight is 331 g/mol. The minimum absolute atomic E-state index is 0.0661. The number of carbonyl (C=O) groups is 1. The van der Waals surface area contributed by atoms with Gasteiger partial charge in [0.25, 0.3) is 0 Å². The predicted molar refractivity (Wildman–Crippen MR) is 101 cm³/mol. The van der Waals surface area contributed by atoms with Crippen molar-refractivity contribution >= 4 is 22.4 Å². The van der Waals surface area contributed by atoms with Crippen LogP contribution in [0.5, 0.6) is 5.75 Å². The Morgan fingerprint density at radius 3 is 2.52 bits per heavy atom. The Balaban J connectivity index is 1.77. The Hall–Kier alpha value is -2.81. The van der Waals surface area contributed by atoms with Gasteiger partial charge in [-0.15, -0.1) is 0 Å². The summed E-state index contributed by atoms with van der Waals surface area (Å²) in [5.41, 5.74) is 3.26. The zero-order valence-electron chi connectivity index (χ0n) is 14.5. The van der Waals surface area contributed by atoms with Crippen LogP contribution < -0.4 is 10.1 Å². The maximum absolute atomic E-state index is 12.3. The number of hydrogen-bond donors (Lipinski definition) is 1. The molecule has 1 aliphatic heterocycles. The number of rotatable bonds is 3. The third-order valence-electron chi connectivity index (χ3n) is 4.64. The van der Waals surface area contributed by atoms with Crippen LogP contribution in [-0.2, 0) is 4.79 Å². The van der Waals surface area contributed by atoms with Crippen LogP contribution in [0, 0.1) is 0 Å². The molecule has 126 valence electrons. The van der Waals surface area contributed by atoms with Gasteiger partial charge in [0.2, 0.25) is 5.91 Å². The van der Waals surface area contributed by atoms with E-state index in [2.05, 4.69) is 41.7 Å². The fourth-order valence-corrected chi connectivity index (χ4v) is 3.55. The highest BCUT2D eigenvalue weighted by atomic mass is 16.5. The van der Waals surface area contributed by atoms with E-state index in [1.165, 1.54) is 5.56 Å². The van der Waals surface area contributed by atoms with Crippen LogP contribution >= 0.6 is 0 Å². The molecule has 0 fully saturated rings. The fraction of sp³-hybridized carbons (Fsp3) is 0.227. The van der Waals surface area contributed by atoms with Crippen molar-refractivity contribution in [2.45, 2.75) is 32.3 Å². The molecule has 0 bridgehead atoms. The quantitative estimate of drug-likeness (QED) is 0.725. The van der Waals surface area contributed by atoms with E-state index in [0.717, 1.165) is 27.8 Å². The van der Waals surface area contributed by atoms with Crippen LogP contribution in [0.3, 0.4) is 0 Å². The lowest BCUT2D eigenvalue weighted by Crippen LogP contribution is -2.23. The number of benzene rings is 3. The lowest BCUT2D eigenvalue weighted by atomic mass is 9.83. The van der Waals surface area contributed by atoms with Crippen molar-refractivity contribution in [2.75, 3.05) is 5.32 Å². The number of amides is 1. The van der Waals surface area contributed by atoms with Gasteiger partial charge in [-0.1, -0.05) is 48.5 Å². The van der Waals surface area contributed by atoms with E-state index in [9.17, 15) is 4.79 Å². The van der Waals surface area contributed by atoms with Gasteiger partial charge in [-0.2, -0.15) is 0 Å². The van der Waals surface area contributed by atoms with Gasteiger partial charge in [-0.05, 0) is 42.5 Å². The van der Waals surface area contributed by atoms with Gasteiger partial charge in [-0.3, -0.25) is 4.79 Å². The van der Waals surface area contributed by atoms with Gasteiger partial charge < -0.3 is 10.1 Å². The van der Waals surface area contributed by atoms with Crippen molar-refractivity contribution in [2.24, 2.45) is 0 Å². The van der Waals surface area contributed by atoms with Gasteiger partial charge in [0.15, 0.2) is 0 Å². The van der Waals surface area contributed by atoms with Crippen molar-refractivity contribution in [3.63, 3.8) is 0 Å². The van der Waals surface area contributed by atoms with Gasteiger partial charge in [0.05, 0.1) is 11.8 Å². The minimum atomic E-state index is 0.0661. The molecule has 1 amide bonds. The van der Waals surface area contributed by atoms with Crippen molar-refractivity contribution in [3.8, 4) is 5.75 Å². The lowest BCUT2D eigenvalue weighted by molar-refractivity contribution is -0.116. The van der Waals surface area contributed by atoms with E-state index in [4.69, 9.17) is 4.74 Å². The molecule has 0 saturated heterocycles. The molecule has 3 nitrogen and oxygen atoms in total.